The fourth-order valence-electron chi connectivity index (χ4n) is 1.04. The molecule has 2 unspecified atom stereocenters. The highest BCUT2D eigenvalue weighted by atomic mass is 16.5. The summed E-state index contributed by atoms with van der Waals surface area (Å²) < 4.78 is 5.32. The maximum atomic E-state index is 6.01. The van der Waals surface area contributed by atoms with Crippen LogP contribution in [0.1, 0.15) is 40.5 Å². The second-order valence-electron chi connectivity index (χ2n) is 4.16. The average Bonchev–Trinajstić information content (AvgIpc) is 2.04. The molecular weight excluding hydrogens is 150 g/mol. The third-order valence-corrected chi connectivity index (χ3v) is 2.77. The molecule has 0 bridgehead atoms. The molecular formula is C10H23NO. The summed E-state index contributed by atoms with van der Waals surface area (Å²) in [7, 11) is 1.72. The van der Waals surface area contributed by atoms with E-state index in [1.165, 1.54) is 6.42 Å². The molecule has 0 saturated carbocycles. The second-order valence-corrected chi connectivity index (χ2v) is 4.16. The summed E-state index contributed by atoms with van der Waals surface area (Å²) in [6.45, 7) is 8.50. The number of ether oxygens (including phenoxy) is 1. The van der Waals surface area contributed by atoms with Crippen molar-refractivity contribution in [2.24, 2.45) is 11.7 Å². The summed E-state index contributed by atoms with van der Waals surface area (Å²) >= 11 is 0. The molecule has 0 aliphatic heterocycles. The zero-order chi connectivity index (χ0) is 9.78. The minimum absolute atomic E-state index is 0.137. The molecule has 12 heavy (non-hydrogen) atoms. The van der Waals surface area contributed by atoms with Crippen LogP contribution in [0.4, 0.5) is 0 Å². The molecule has 2 atom stereocenters. The monoisotopic (exact) mass is 173 g/mol. The van der Waals surface area contributed by atoms with Crippen LogP contribution in [0.25, 0.3) is 0 Å². The molecule has 0 spiro atoms. The zero-order valence-corrected chi connectivity index (χ0v) is 9.05. The fourth-order valence-corrected chi connectivity index (χ4v) is 1.04. The molecule has 0 aliphatic rings. The van der Waals surface area contributed by atoms with Gasteiger partial charge in [-0.3, -0.25) is 0 Å². The average molecular weight is 173 g/mol. The second kappa shape index (κ2) is 4.83. The van der Waals surface area contributed by atoms with Gasteiger partial charge in [-0.2, -0.15) is 0 Å². The lowest BCUT2D eigenvalue weighted by Crippen LogP contribution is -2.45. The van der Waals surface area contributed by atoms with Crippen LogP contribution in [0.3, 0.4) is 0 Å². The van der Waals surface area contributed by atoms with E-state index < -0.39 is 0 Å². The normalized spacial score (nSPS) is 17.5. The van der Waals surface area contributed by atoms with Crippen molar-refractivity contribution in [3.8, 4) is 0 Å². The van der Waals surface area contributed by atoms with Gasteiger partial charge in [0, 0.05) is 13.2 Å². The highest BCUT2D eigenvalue weighted by molar-refractivity contribution is 4.83. The largest absolute Gasteiger partial charge is 0.377 e. The van der Waals surface area contributed by atoms with Crippen LogP contribution < -0.4 is 5.73 Å². The van der Waals surface area contributed by atoms with Crippen molar-refractivity contribution in [1.82, 2.24) is 0 Å². The van der Waals surface area contributed by atoms with Crippen LogP contribution in [0, 0.1) is 5.92 Å². The van der Waals surface area contributed by atoms with Crippen molar-refractivity contribution in [1.29, 1.82) is 0 Å². The van der Waals surface area contributed by atoms with Gasteiger partial charge >= 0.3 is 0 Å². The Labute approximate surface area is 76.5 Å². The summed E-state index contributed by atoms with van der Waals surface area (Å²) in [5.41, 5.74) is 5.82. The third kappa shape index (κ3) is 3.55. The maximum absolute atomic E-state index is 6.01. The Kier molecular flexibility index (Phi) is 4.80. The summed E-state index contributed by atoms with van der Waals surface area (Å²) in [5, 5.41) is 0. The Morgan fingerprint density at radius 3 is 2.25 bits per heavy atom. The van der Waals surface area contributed by atoms with Crippen molar-refractivity contribution in [3.63, 3.8) is 0 Å². The van der Waals surface area contributed by atoms with E-state index in [-0.39, 0.29) is 11.6 Å². The lowest BCUT2D eigenvalue weighted by atomic mass is 9.90. The number of hydrogen-bond acceptors (Lipinski definition) is 2. The van der Waals surface area contributed by atoms with Crippen molar-refractivity contribution < 1.29 is 4.74 Å². The summed E-state index contributed by atoms with van der Waals surface area (Å²) in [4.78, 5) is 0. The number of nitrogens with two attached hydrogens (primary N) is 1. The van der Waals surface area contributed by atoms with Gasteiger partial charge in [0.15, 0.2) is 0 Å². The van der Waals surface area contributed by atoms with E-state index in [1.54, 1.807) is 7.11 Å². The Balaban J connectivity index is 3.93. The van der Waals surface area contributed by atoms with Crippen LogP contribution in [0.15, 0.2) is 0 Å². The van der Waals surface area contributed by atoms with E-state index in [9.17, 15) is 0 Å². The molecule has 0 aromatic carbocycles. The SMILES string of the molecule is CCC(C)CC(N)C(C)(C)OC. The quantitative estimate of drug-likeness (QED) is 0.691. The van der Waals surface area contributed by atoms with Crippen molar-refractivity contribution in [3.05, 3.63) is 0 Å². The van der Waals surface area contributed by atoms with Crippen LogP contribution in [-0.4, -0.2) is 18.8 Å². The highest BCUT2D eigenvalue weighted by Crippen LogP contribution is 2.19. The van der Waals surface area contributed by atoms with Gasteiger partial charge in [-0.15, -0.1) is 0 Å². The van der Waals surface area contributed by atoms with Gasteiger partial charge in [0.2, 0.25) is 0 Å². The van der Waals surface area contributed by atoms with Crippen LogP contribution in [0.2, 0.25) is 0 Å². The molecule has 0 rings (SSSR count). The number of rotatable bonds is 5. The van der Waals surface area contributed by atoms with E-state index >= 15 is 0 Å². The predicted octanol–water partition coefficient (Wildman–Crippen LogP) is 2.17. The van der Waals surface area contributed by atoms with E-state index in [2.05, 4.69) is 13.8 Å². The molecule has 2 heteroatoms. The topological polar surface area (TPSA) is 35.2 Å². The van der Waals surface area contributed by atoms with E-state index in [0.717, 1.165) is 6.42 Å². The smallest absolute Gasteiger partial charge is 0.0773 e. The van der Waals surface area contributed by atoms with Gasteiger partial charge in [0.05, 0.1) is 5.60 Å². The van der Waals surface area contributed by atoms with Gasteiger partial charge in [-0.05, 0) is 26.2 Å². The lowest BCUT2D eigenvalue weighted by molar-refractivity contribution is -0.00504. The minimum Gasteiger partial charge on any atom is -0.377 e. The van der Waals surface area contributed by atoms with Crippen LogP contribution in [-0.2, 0) is 4.74 Å². The molecule has 2 N–H and O–H groups in total. The van der Waals surface area contributed by atoms with E-state index in [1.807, 2.05) is 13.8 Å². The van der Waals surface area contributed by atoms with E-state index in [0.29, 0.717) is 5.92 Å². The first-order valence-corrected chi connectivity index (χ1v) is 4.74. The molecule has 0 heterocycles. The van der Waals surface area contributed by atoms with Gasteiger partial charge in [0.1, 0.15) is 0 Å². The number of methoxy groups -OCH3 is 1. The Bertz CT molecular complexity index is 123. The first-order valence-electron chi connectivity index (χ1n) is 4.74. The van der Waals surface area contributed by atoms with Crippen molar-refractivity contribution in [2.75, 3.05) is 7.11 Å². The fraction of sp³-hybridized carbons (Fsp3) is 1.00. The summed E-state index contributed by atoms with van der Waals surface area (Å²) in [6.07, 6.45) is 2.23. The predicted molar refractivity (Wildman–Crippen MR) is 53.1 cm³/mol. The molecule has 2 nitrogen and oxygen atoms in total. The third-order valence-electron chi connectivity index (χ3n) is 2.77. The molecule has 74 valence electrons. The van der Waals surface area contributed by atoms with E-state index in [4.69, 9.17) is 10.5 Å². The van der Waals surface area contributed by atoms with Gasteiger partial charge < -0.3 is 10.5 Å². The van der Waals surface area contributed by atoms with Gasteiger partial charge in [-0.1, -0.05) is 20.3 Å². The van der Waals surface area contributed by atoms with Crippen LogP contribution >= 0.6 is 0 Å². The molecule has 0 aliphatic carbocycles. The maximum Gasteiger partial charge on any atom is 0.0773 e. The zero-order valence-electron chi connectivity index (χ0n) is 9.05. The molecule has 0 amide bonds. The Morgan fingerprint density at radius 2 is 1.92 bits per heavy atom. The Morgan fingerprint density at radius 1 is 1.42 bits per heavy atom. The standard InChI is InChI=1S/C10H23NO/c1-6-8(2)7-9(11)10(3,4)12-5/h8-9H,6-7,11H2,1-5H3. The lowest BCUT2D eigenvalue weighted by Gasteiger charge is -2.31. The molecule has 0 aromatic rings. The van der Waals surface area contributed by atoms with Gasteiger partial charge in [-0.25, -0.2) is 0 Å². The molecule has 0 radical (unpaired) electrons. The van der Waals surface area contributed by atoms with Crippen molar-refractivity contribution in [2.45, 2.75) is 52.2 Å². The van der Waals surface area contributed by atoms with Gasteiger partial charge in [0.25, 0.3) is 0 Å². The van der Waals surface area contributed by atoms with Crippen molar-refractivity contribution >= 4 is 0 Å². The molecule has 0 aromatic heterocycles. The first kappa shape index (κ1) is 11.9. The minimum atomic E-state index is -0.191. The molecule has 0 saturated heterocycles. The Hall–Kier alpha value is -0.0800. The molecule has 0 fully saturated rings. The highest BCUT2D eigenvalue weighted by Gasteiger charge is 2.26. The summed E-state index contributed by atoms with van der Waals surface area (Å²) in [6, 6.07) is 0.137. The first-order chi connectivity index (χ1) is 5.44. The number of hydrogen-bond donors (Lipinski definition) is 1. The van der Waals surface area contributed by atoms with Crippen LogP contribution in [0.5, 0.6) is 0 Å². The summed E-state index contributed by atoms with van der Waals surface area (Å²) in [5.74, 6) is 0.689.